The highest BCUT2D eigenvalue weighted by Gasteiger charge is 2.37. The number of anilines is 1. The lowest BCUT2D eigenvalue weighted by atomic mass is 9.93. The van der Waals surface area contributed by atoms with E-state index in [9.17, 15) is 4.79 Å². The predicted molar refractivity (Wildman–Crippen MR) is 112 cm³/mol. The number of thiazole rings is 1. The van der Waals surface area contributed by atoms with Crippen molar-refractivity contribution < 1.29 is 4.79 Å². The van der Waals surface area contributed by atoms with E-state index in [0.29, 0.717) is 12.1 Å². The van der Waals surface area contributed by atoms with E-state index in [0.717, 1.165) is 36.9 Å². The Kier molecular flexibility index (Phi) is 5.42. The summed E-state index contributed by atoms with van der Waals surface area (Å²) in [5.74, 6) is 0.738. The fourth-order valence-corrected chi connectivity index (χ4v) is 5.03. The Morgan fingerprint density at radius 1 is 1.32 bits per heavy atom. The summed E-state index contributed by atoms with van der Waals surface area (Å²) >= 11 is 1.71. The van der Waals surface area contributed by atoms with Crippen LogP contribution in [0.1, 0.15) is 65.8 Å². The van der Waals surface area contributed by atoms with Crippen LogP contribution in [0.2, 0.25) is 0 Å². The maximum absolute atomic E-state index is 12.8. The van der Waals surface area contributed by atoms with Crippen molar-refractivity contribution in [2.24, 2.45) is 0 Å². The summed E-state index contributed by atoms with van der Waals surface area (Å²) < 4.78 is 1.95. The first-order valence-electron chi connectivity index (χ1n) is 10.2. The van der Waals surface area contributed by atoms with Gasteiger partial charge in [0.15, 0.2) is 0 Å². The molecular weight excluding hydrogens is 372 g/mol. The van der Waals surface area contributed by atoms with E-state index in [-0.39, 0.29) is 17.5 Å². The van der Waals surface area contributed by atoms with Gasteiger partial charge in [0.1, 0.15) is 16.4 Å². The summed E-state index contributed by atoms with van der Waals surface area (Å²) in [6.45, 7) is 10.3. The Hall–Kier alpha value is -1.93. The number of aryl methyl sites for hydroxylation is 1. The van der Waals surface area contributed by atoms with Crippen molar-refractivity contribution in [2.45, 2.75) is 58.0 Å². The molecule has 1 fully saturated rings. The van der Waals surface area contributed by atoms with Crippen molar-refractivity contribution in [3.05, 3.63) is 27.8 Å². The van der Waals surface area contributed by atoms with E-state index in [1.807, 2.05) is 10.9 Å². The molecule has 0 aliphatic carbocycles. The maximum Gasteiger partial charge on any atom is 0.256 e. The summed E-state index contributed by atoms with van der Waals surface area (Å²) in [7, 11) is 0. The SMILES string of the molecule is Cc1cnc(C2CC(C)(C)n3ncc(C(=O)NCCN4CCCCC4)c3N2)s1. The van der Waals surface area contributed by atoms with Crippen LogP contribution in [0.3, 0.4) is 0 Å². The van der Waals surface area contributed by atoms with Gasteiger partial charge >= 0.3 is 0 Å². The number of hydrogen-bond donors (Lipinski definition) is 2. The molecule has 1 atom stereocenters. The number of rotatable bonds is 5. The molecule has 1 unspecified atom stereocenters. The standard InChI is InChI=1S/C20H30N6OS/c1-14-12-22-19(28-14)16-11-20(2,3)26-17(24-16)15(13-23-26)18(27)21-7-10-25-8-5-4-6-9-25/h12-13,16,24H,4-11H2,1-3H3,(H,21,27). The molecule has 1 amide bonds. The normalized spacial score (nSPS) is 21.8. The molecule has 4 rings (SSSR count). The topological polar surface area (TPSA) is 75.1 Å². The van der Waals surface area contributed by atoms with Crippen molar-refractivity contribution in [3.63, 3.8) is 0 Å². The summed E-state index contributed by atoms with van der Waals surface area (Å²) in [5.41, 5.74) is 0.432. The smallest absolute Gasteiger partial charge is 0.256 e. The van der Waals surface area contributed by atoms with E-state index < -0.39 is 0 Å². The van der Waals surface area contributed by atoms with E-state index in [4.69, 9.17) is 0 Å². The highest BCUT2D eigenvalue weighted by atomic mass is 32.1. The number of carbonyl (C=O) groups is 1. The molecule has 2 aromatic rings. The Balaban J connectivity index is 1.46. The fraction of sp³-hybridized carbons (Fsp3) is 0.650. The second-order valence-corrected chi connectivity index (χ2v) is 9.77. The minimum absolute atomic E-state index is 0.0578. The third-order valence-corrected chi connectivity index (χ3v) is 6.73. The summed E-state index contributed by atoms with van der Waals surface area (Å²) in [4.78, 5) is 21.0. The molecule has 2 aromatic heterocycles. The van der Waals surface area contributed by atoms with Gasteiger partial charge < -0.3 is 15.5 Å². The second kappa shape index (κ2) is 7.83. The monoisotopic (exact) mass is 402 g/mol. The third-order valence-electron chi connectivity index (χ3n) is 5.70. The van der Waals surface area contributed by atoms with Crippen molar-refractivity contribution in [1.29, 1.82) is 0 Å². The first-order chi connectivity index (χ1) is 13.4. The molecule has 152 valence electrons. The molecule has 28 heavy (non-hydrogen) atoms. The second-order valence-electron chi connectivity index (χ2n) is 8.50. The summed E-state index contributed by atoms with van der Waals surface area (Å²) in [6.07, 6.45) is 8.34. The van der Waals surface area contributed by atoms with Gasteiger partial charge in [-0.05, 0) is 53.1 Å². The Morgan fingerprint density at radius 3 is 2.82 bits per heavy atom. The lowest BCUT2D eigenvalue weighted by molar-refractivity contribution is 0.0947. The summed E-state index contributed by atoms with van der Waals surface area (Å²) in [5, 5.41) is 12.2. The number of nitrogens with one attached hydrogen (secondary N) is 2. The van der Waals surface area contributed by atoms with Gasteiger partial charge in [0.2, 0.25) is 0 Å². The van der Waals surface area contributed by atoms with Crippen LogP contribution < -0.4 is 10.6 Å². The molecule has 2 aliphatic rings. The molecule has 4 heterocycles. The molecule has 0 saturated carbocycles. The average Bonchev–Trinajstić information content (AvgIpc) is 3.29. The lowest BCUT2D eigenvalue weighted by Crippen LogP contribution is -2.39. The third kappa shape index (κ3) is 3.93. The van der Waals surface area contributed by atoms with Gasteiger partial charge in [-0.1, -0.05) is 6.42 Å². The molecule has 0 bridgehead atoms. The molecule has 2 N–H and O–H groups in total. The average molecular weight is 403 g/mol. The summed E-state index contributed by atoms with van der Waals surface area (Å²) in [6, 6.07) is 0.0952. The number of hydrogen-bond acceptors (Lipinski definition) is 6. The number of fused-ring (bicyclic) bond motifs is 1. The predicted octanol–water partition coefficient (Wildman–Crippen LogP) is 3.16. The zero-order valence-corrected chi connectivity index (χ0v) is 17.8. The molecule has 2 aliphatic heterocycles. The number of likely N-dealkylation sites (tertiary alicyclic amines) is 1. The van der Waals surface area contributed by atoms with Crippen LogP contribution in [-0.4, -0.2) is 51.8 Å². The number of carbonyl (C=O) groups excluding carboxylic acids is 1. The largest absolute Gasteiger partial charge is 0.360 e. The van der Waals surface area contributed by atoms with Gasteiger partial charge in [-0.3, -0.25) is 4.79 Å². The molecule has 1 saturated heterocycles. The highest BCUT2D eigenvalue weighted by molar-refractivity contribution is 7.11. The van der Waals surface area contributed by atoms with Gasteiger partial charge in [0.25, 0.3) is 5.91 Å². The number of amides is 1. The number of piperidine rings is 1. The number of aromatic nitrogens is 3. The Morgan fingerprint density at radius 2 is 2.11 bits per heavy atom. The lowest BCUT2D eigenvalue weighted by Gasteiger charge is -2.37. The van der Waals surface area contributed by atoms with Crippen molar-refractivity contribution in [1.82, 2.24) is 25.0 Å². The maximum atomic E-state index is 12.8. The quantitative estimate of drug-likeness (QED) is 0.804. The molecule has 8 heteroatoms. The van der Waals surface area contributed by atoms with Crippen LogP contribution in [-0.2, 0) is 5.54 Å². The minimum Gasteiger partial charge on any atom is -0.360 e. The first-order valence-corrected chi connectivity index (χ1v) is 11.0. The zero-order chi connectivity index (χ0) is 19.7. The molecular formula is C20H30N6OS. The van der Waals surface area contributed by atoms with Gasteiger partial charge in [-0.25, -0.2) is 9.67 Å². The van der Waals surface area contributed by atoms with Crippen LogP contribution in [0, 0.1) is 6.92 Å². The highest BCUT2D eigenvalue weighted by Crippen LogP contribution is 2.40. The molecule has 0 spiro atoms. The first kappa shape index (κ1) is 19.4. The van der Waals surface area contributed by atoms with Gasteiger partial charge in [0, 0.05) is 24.2 Å². The Labute approximate surface area is 170 Å². The van der Waals surface area contributed by atoms with Crippen LogP contribution in [0.25, 0.3) is 0 Å². The fourth-order valence-electron chi connectivity index (χ4n) is 4.20. The van der Waals surface area contributed by atoms with Crippen molar-refractivity contribution in [2.75, 3.05) is 31.5 Å². The van der Waals surface area contributed by atoms with Gasteiger partial charge in [0.05, 0.1) is 17.8 Å². The van der Waals surface area contributed by atoms with Gasteiger partial charge in [-0.2, -0.15) is 5.10 Å². The van der Waals surface area contributed by atoms with Crippen LogP contribution in [0.15, 0.2) is 12.4 Å². The van der Waals surface area contributed by atoms with Crippen molar-refractivity contribution in [3.8, 4) is 0 Å². The minimum atomic E-state index is -0.183. The van der Waals surface area contributed by atoms with Crippen LogP contribution in [0.5, 0.6) is 0 Å². The molecule has 7 nitrogen and oxygen atoms in total. The van der Waals surface area contributed by atoms with E-state index in [1.165, 1.54) is 24.1 Å². The van der Waals surface area contributed by atoms with Crippen molar-refractivity contribution >= 4 is 23.1 Å². The van der Waals surface area contributed by atoms with Gasteiger partial charge in [-0.15, -0.1) is 11.3 Å². The molecule has 0 aromatic carbocycles. The molecule has 0 radical (unpaired) electrons. The zero-order valence-electron chi connectivity index (χ0n) is 17.0. The van der Waals surface area contributed by atoms with E-state index in [1.54, 1.807) is 17.5 Å². The van der Waals surface area contributed by atoms with Crippen LogP contribution >= 0.6 is 11.3 Å². The van der Waals surface area contributed by atoms with Crippen LogP contribution in [0.4, 0.5) is 5.82 Å². The van der Waals surface area contributed by atoms with E-state index in [2.05, 4.69) is 46.4 Å². The van der Waals surface area contributed by atoms with E-state index >= 15 is 0 Å². The number of nitrogens with zero attached hydrogens (tertiary/aromatic N) is 4. The Bertz CT molecular complexity index is 836.